The zero-order valence-corrected chi connectivity index (χ0v) is 13.8. The number of fused-ring (bicyclic) bond motifs is 1. The van der Waals surface area contributed by atoms with Crippen LogP contribution in [0.25, 0.3) is 10.9 Å². The third kappa shape index (κ3) is 3.08. The van der Waals surface area contributed by atoms with Gasteiger partial charge < -0.3 is 9.72 Å². The Morgan fingerprint density at radius 3 is 2.83 bits per heavy atom. The Bertz CT molecular complexity index is 943. The fourth-order valence-electron chi connectivity index (χ4n) is 2.17. The Morgan fingerprint density at radius 2 is 2.13 bits per heavy atom. The van der Waals surface area contributed by atoms with E-state index in [0.717, 1.165) is 16.7 Å². The molecule has 0 radical (unpaired) electrons. The number of hydrogen-bond donors (Lipinski definition) is 2. The molecule has 23 heavy (non-hydrogen) atoms. The third-order valence-corrected chi connectivity index (χ3v) is 5.92. The van der Waals surface area contributed by atoms with Gasteiger partial charge in [0.2, 0.25) is 0 Å². The first kappa shape index (κ1) is 15.6. The Morgan fingerprint density at radius 1 is 1.30 bits per heavy atom. The summed E-state index contributed by atoms with van der Waals surface area (Å²) in [6.45, 7) is 1.99. The van der Waals surface area contributed by atoms with Gasteiger partial charge in [0.1, 0.15) is 9.90 Å². The number of benzene rings is 1. The molecule has 120 valence electrons. The second kappa shape index (κ2) is 6.05. The van der Waals surface area contributed by atoms with E-state index in [0.29, 0.717) is 11.2 Å². The summed E-state index contributed by atoms with van der Waals surface area (Å²) in [5.41, 5.74) is 1.20. The smallest absolute Gasteiger partial charge is 0.354 e. The number of ether oxygens (including phenoxy) is 1. The molecule has 6 nitrogen and oxygen atoms in total. The number of hydrogen-bond acceptors (Lipinski definition) is 5. The monoisotopic (exact) mass is 350 g/mol. The van der Waals surface area contributed by atoms with Gasteiger partial charge >= 0.3 is 5.97 Å². The molecule has 0 unspecified atom stereocenters. The van der Waals surface area contributed by atoms with E-state index in [4.69, 9.17) is 4.74 Å². The predicted octanol–water partition coefficient (Wildman–Crippen LogP) is 3.21. The molecular weight excluding hydrogens is 336 g/mol. The van der Waals surface area contributed by atoms with E-state index < -0.39 is 16.0 Å². The van der Waals surface area contributed by atoms with Gasteiger partial charge in [-0.3, -0.25) is 4.72 Å². The molecule has 8 heteroatoms. The molecule has 2 heterocycles. The highest BCUT2D eigenvalue weighted by Crippen LogP contribution is 2.27. The summed E-state index contributed by atoms with van der Waals surface area (Å²) in [6, 6.07) is 9.99. The number of para-hydroxylation sites is 1. The van der Waals surface area contributed by atoms with Crippen LogP contribution in [0, 0.1) is 0 Å². The number of aromatic amines is 1. The van der Waals surface area contributed by atoms with Crippen molar-refractivity contribution in [3.63, 3.8) is 0 Å². The highest BCUT2D eigenvalue weighted by atomic mass is 32.2. The summed E-state index contributed by atoms with van der Waals surface area (Å²) in [6.07, 6.45) is 0. The number of aromatic nitrogens is 1. The van der Waals surface area contributed by atoms with Crippen molar-refractivity contribution in [1.29, 1.82) is 0 Å². The molecule has 0 saturated carbocycles. The van der Waals surface area contributed by atoms with Crippen molar-refractivity contribution in [2.75, 3.05) is 11.3 Å². The number of nitrogens with one attached hydrogen (secondary N) is 2. The van der Waals surface area contributed by atoms with Crippen molar-refractivity contribution < 1.29 is 17.9 Å². The van der Waals surface area contributed by atoms with Crippen LogP contribution >= 0.6 is 11.3 Å². The van der Waals surface area contributed by atoms with Gasteiger partial charge in [-0.15, -0.1) is 11.3 Å². The van der Waals surface area contributed by atoms with E-state index in [2.05, 4.69) is 9.71 Å². The number of esters is 1. The minimum atomic E-state index is -3.65. The molecular formula is C15H14N2O4S2. The van der Waals surface area contributed by atoms with E-state index in [1.54, 1.807) is 42.6 Å². The van der Waals surface area contributed by atoms with Crippen molar-refractivity contribution >= 4 is 43.9 Å². The quantitative estimate of drug-likeness (QED) is 0.692. The Balaban J connectivity index is 2.00. The largest absolute Gasteiger partial charge is 0.461 e. The molecule has 0 aliphatic heterocycles. The molecule has 0 bridgehead atoms. The summed E-state index contributed by atoms with van der Waals surface area (Å²) in [4.78, 5) is 14.7. The lowest BCUT2D eigenvalue weighted by Crippen LogP contribution is -2.11. The highest BCUT2D eigenvalue weighted by Gasteiger charge is 2.18. The van der Waals surface area contributed by atoms with Gasteiger partial charge in [-0.2, -0.15) is 0 Å². The average molecular weight is 350 g/mol. The predicted molar refractivity (Wildman–Crippen MR) is 89.4 cm³/mol. The summed E-state index contributed by atoms with van der Waals surface area (Å²) in [5.74, 6) is -0.476. The van der Waals surface area contributed by atoms with Crippen molar-refractivity contribution in [3.05, 3.63) is 47.5 Å². The zero-order valence-electron chi connectivity index (χ0n) is 12.2. The van der Waals surface area contributed by atoms with Crippen molar-refractivity contribution in [2.45, 2.75) is 11.1 Å². The Kier molecular flexibility index (Phi) is 4.10. The number of anilines is 1. The van der Waals surface area contributed by atoms with Crippen molar-refractivity contribution in [3.8, 4) is 0 Å². The molecule has 0 saturated heterocycles. The molecule has 1 aromatic carbocycles. The molecule has 0 fully saturated rings. The normalized spacial score (nSPS) is 11.5. The van der Waals surface area contributed by atoms with E-state index >= 15 is 0 Å². The maximum Gasteiger partial charge on any atom is 0.354 e. The molecule has 2 aromatic heterocycles. The minimum Gasteiger partial charge on any atom is -0.461 e. The summed E-state index contributed by atoms with van der Waals surface area (Å²) in [5, 5.41) is 2.42. The van der Waals surface area contributed by atoms with Crippen molar-refractivity contribution in [1.82, 2.24) is 4.98 Å². The third-order valence-electron chi connectivity index (χ3n) is 3.16. The summed E-state index contributed by atoms with van der Waals surface area (Å²) in [7, 11) is -3.65. The first-order chi connectivity index (χ1) is 11.0. The number of sulfonamides is 1. The number of carbonyl (C=O) groups is 1. The van der Waals surface area contributed by atoms with Crippen LogP contribution in [0.1, 0.15) is 17.4 Å². The second-order valence-corrected chi connectivity index (χ2v) is 7.57. The number of carbonyl (C=O) groups excluding carboxylic acids is 1. The van der Waals surface area contributed by atoms with Crippen LogP contribution in [0.15, 0.2) is 46.0 Å². The highest BCUT2D eigenvalue weighted by molar-refractivity contribution is 7.94. The molecule has 2 N–H and O–H groups in total. The van der Waals surface area contributed by atoms with Crippen LogP contribution in [0.5, 0.6) is 0 Å². The van der Waals surface area contributed by atoms with Gasteiger partial charge in [0.25, 0.3) is 10.0 Å². The Hall–Kier alpha value is -2.32. The first-order valence-electron chi connectivity index (χ1n) is 6.86. The van der Waals surface area contributed by atoms with Crippen LogP contribution in [-0.2, 0) is 14.8 Å². The van der Waals surface area contributed by atoms with E-state index in [9.17, 15) is 13.2 Å². The average Bonchev–Trinajstić information content (AvgIpc) is 3.17. The number of thiophene rings is 1. The molecule has 0 atom stereocenters. The van der Waals surface area contributed by atoms with Gasteiger partial charge in [0, 0.05) is 5.39 Å². The maximum absolute atomic E-state index is 12.3. The van der Waals surface area contributed by atoms with Gasteiger partial charge in [-0.1, -0.05) is 18.2 Å². The molecule has 3 rings (SSSR count). The maximum atomic E-state index is 12.3. The van der Waals surface area contributed by atoms with Crippen LogP contribution in [0.2, 0.25) is 0 Å². The number of H-pyrrole nitrogens is 1. The molecule has 0 spiro atoms. The SMILES string of the molecule is CCOC(=O)c1cc2cccc(NS(=O)(=O)c3cccs3)c2[nH]1. The van der Waals surface area contributed by atoms with Crippen molar-refractivity contribution in [2.24, 2.45) is 0 Å². The summed E-state index contributed by atoms with van der Waals surface area (Å²) < 4.78 is 32.4. The standard InChI is InChI=1S/C15H14N2O4S2/c1-2-21-15(18)12-9-10-5-3-6-11(14(10)16-12)17-23(19,20)13-7-4-8-22-13/h3-9,16-17H,2H2,1H3. The van der Waals surface area contributed by atoms with Gasteiger partial charge in [0.15, 0.2) is 0 Å². The van der Waals surface area contributed by atoms with Crippen LogP contribution in [0.4, 0.5) is 5.69 Å². The Labute approximate surface area is 137 Å². The van der Waals surface area contributed by atoms with Crippen LogP contribution < -0.4 is 4.72 Å². The molecule has 0 amide bonds. The molecule has 0 aliphatic rings. The van der Waals surface area contributed by atoms with Crippen LogP contribution in [0.3, 0.4) is 0 Å². The van der Waals surface area contributed by atoms with Crippen LogP contribution in [-0.4, -0.2) is 26.0 Å². The lowest BCUT2D eigenvalue weighted by Gasteiger charge is -2.07. The first-order valence-corrected chi connectivity index (χ1v) is 9.22. The van der Waals surface area contributed by atoms with E-state index in [-0.39, 0.29) is 16.5 Å². The minimum absolute atomic E-state index is 0.228. The summed E-state index contributed by atoms with van der Waals surface area (Å²) >= 11 is 1.14. The lowest BCUT2D eigenvalue weighted by atomic mass is 10.2. The number of rotatable bonds is 5. The lowest BCUT2D eigenvalue weighted by molar-refractivity contribution is 0.0520. The van der Waals surface area contributed by atoms with E-state index in [1.807, 2.05) is 0 Å². The fraction of sp³-hybridized carbons (Fsp3) is 0.133. The molecule has 0 aliphatic carbocycles. The van der Waals surface area contributed by atoms with Gasteiger partial charge in [0.05, 0.1) is 17.8 Å². The fourth-order valence-corrected chi connectivity index (χ4v) is 4.24. The zero-order chi connectivity index (χ0) is 16.4. The van der Waals surface area contributed by atoms with E-state index in [1.165, 1.54) is 6.07 Å². The topological polar surface area (TPSA) is 88.3 Å². The van der Waals surface area contributed by atoms with Gasteiger partial charge in [-0.05, 0) is 30.5 Å². The van der Waals surface area contributed by atoms with Gasteiger partial charge in [-0.25, -0.2) is 13.2 Å². The molecule has 3 aromatic rings. The second-order valence-electron chi connectivity index (χ2n) is 4.71.